The lowest BCUT2D eigenvalue weighted by Crippen LogP contribution is -2.49. The van der Waals surface area contributed by atoms with Gasteiger partial charge in [-0.3, -0.25) is 13.9 Å². The Labute approximate surface area is 222 Å². The van der Waals surface area contributed by atoms with E-state index < -0.39 is 21.9 Å². The minimum Gasteiger partial charge on any atom is -0.354 e. The topological polar surface area (TPSA) is 86.8 Å². The summed E-state index contributed by atoms with van der Waals surface area (Å²) in [6.07, 6.45) is 2.33. The number of carbonyl (C=O) groups is 2. The van der Waals surface area contributed by atoms with Gasteiger partial charge in [-0.05, 0) is 55.7 Å². The van der Waals surface area contributed by atoms with E-state index in [9.17, 15) is 22.4 Å². The molecule has 0 aromatic heterocycles. The normalized spacial score (nSPS) is 12.2. The van der Waals surface area contributed by atoms with E-state index in [1.165, 1.54) is 29.2 Å². The molecular weight excluding hydrogens is 528 g/mol. The molecule has 0 aliphatic heterocycles. The molecule has 36 heavy (non-hydrogen) atoms. The maximum absolute atomic E-state index is 13.4. The number of carbonyl (C=O) groups excluding carboxylic acids is 2. The Balaban J connectivity index is 2.25. The quantitative estimate of drug-likeness (QED) is 0.373. The van der Waals surface area contributed by atoms with Gasteiger partial charge >= 0.3 is 0 Å². The highest BCUT2D eigenvalue weighted by molar-refractivity contribution is 7.92. The molecule has 7 nitrogen and oxygen atoms in total. The Bertz CT molecular complexity index is 1130. The van der Waals surface area contributed by atoms with Gasteiger partial charge in [-0.2, -0.15) is 0 Å². The molecule has 2 rings (SSSR count). The summed E-state index contributed by atoms with van der Waals surface area (Å²) >= 11 is 12.7. The average molecular weight is 561 g/mol. The summed E-state index contributed by atoms with van der Waals surface area (Å²) in [5.74, 6) is -1.10. The lowest BCUT2D eigenvalue weighted by Gasteiger charge is -2.31. The fourth-order valence-electron chi connectivity index (χ4n) is 3.75. The third-order valence-electron chi connectivity index (χ3n) is 5.59. The molecule has 0 aliphatic carbocycles. The number of hydrogen-bond donors (Lipinski definition) is 1. The van der Waals surface area contributed by atoms with Gasteiger partial charge in [-0.15, -0.1) is 0 Å². The van der Waals surface area contributed by atoms with Crippen LogP contribution in [0.2, 0.25) is 10.0 Å². The van der Waals surface area contributed by atoms with Crippen LogP contribution in [-0.2, 0) is 26.2 Å². The summed E-state index contributed by atoms with van der Waals surface area (Å²) in [6, 6.07) is 9.36. The van der Waals surface area contributed by atoms with Crippen LogP contribution >= 0.6 is 23.2 Å². The third-order valence-corrected chi connectivity index (χ3v) is 7.49. The molecule has 0 saturated carbocycles. The lowest BCUT2D eigenvalue weighted by atomic mass is 10.1. The zero-order valence-corrected chi connectivity index (χ0v) is 23.0. The summed E-state index contributed by atoms with van der Waals surface area (Å²) in [5.41, 5.74) is 0.830. The van der Waals surface area contributed by atoms with Crippen molar-refractivity contribution in [2.24, 2.45) is 0 Å². The van der Waals surface area contributed by atoms with Crippen molar-refractivity contribution in [3.8, 4) is 0 Å². The fourth-order valence-corrected chi connectivity index (χ4v) is 5.23. The molecule has 0 unspecified atom stereocenters. The first kappa shape index (κ1) is 29.9. The molecule has 2 aromatic rings. The third kappa shape index (κ3) is 8.35. The van der Waals surface area contributed by atoms with Crippen molar-refractivity contribution < 1.29 is 22.4 Å². The lowest BCUT2D eigenvalue weighted by molar-refractivity contribution is -0.141. The molecule has 0 heterocycles. The highest BCUT2D eigenvalue weighted by atomic mass is 35.5. The van der Waals surface area contributed by atoms with Gasteiger partial charge < -0.3 is 10.2 Å². The Morgan fingerprint density at radius 1 is 1.06 bits per heavy atom. The summed E-state index contributed by atoms with van der Waals surface area (Å²) in [7, 11) is -3.67. The van der Waals surface area contributed by atoms with Crippen LogP contribution in [0.1, 0.15) is 45.1 Å². The Kier molecular flexibility index (Phi) is 11.5. The fraction of sp³-hybridized carbons (Fsp3) is 0.440. The van der Waals surface area contributed by atoms with E-state index in [0.717, 1.165) is 17.0 Å². The van der Waals surface area contributed by atoms with E-state index in [1.54, 1.807) is 18.2 Å². The van der Waals surface area contributed by atoms with Gasteiger partial charge in [0.25, 0.3) is 0 Å². The van der Waals surface area contributed by atoms with Gasteiger partial charge in [0.2, 0.25) is 21.8 Å². The van der Waals surface area contributed by atoms with Gasteiger partial charge in [0, 0.05) is 41.7 Å². The standard InChI is InChI=1S/C25H32Cl2FN3O4S/c1-4-15-29-25(33)23(5-2)30(17-20-21(26)8-6-9-22(20)27)24(32)10-7-16-31(36(3,34)35)19-13-11-18(28)12-14-19/h6,8-9,11-14,23H,4-5,7,10,15-17H2,1-3H3,(H,29,33)/t23-/m0/s1. The molecule has 1 N–H and O–H groups in total. The molecule has 0 saturated heterocycles. The van der Waals surface area contributed by atoms with E-state index >= 15 is 0 Å². The molecule has 0 radical (unpaired) electrons. The minimum atomic E-state index is -3.67. The van der Waals surface area contributed by atoms with E-state index in [4.69, 9.17) is 23.2 Å². The number of halogens is 3. The summed E-state index contributed by atoms with van der Waals surface area (Å²) in [4.78, 5) is 27.7. The molecule has 1 atom stereocenters. The largest absolute Gasteiger partial charge is 0.354 e. The molecule has 198 valence electrons. The summed E-state index contributed by atoms with van der Waals surface area (Å²) in [6.45, 7) is 4.26. The van der Waals surface area contributed by atoms with Gasteiger partial charge in [0.15, 0.2) is 0 Å². The van der Waals surface area contributed by atoms with Gasteiger partial charge in [-0.25, -0.2) is 12.8 Å². The van der Waals surface area contributed by atoms with Crippen LogP contribution in [0, 0.1) is 5.82 Å². The molecular formula is C25H32Cl2FN3O4S. The highest BCUT2D eigenvalue weighted by Gasteiger charge is 2.29. The van der Waals surface area contributed by atoms with E-state index in [1.807, 2.05) is 13.8 Å². The SMILES string of the molecule is CCCNC(=O)[C@H](CC)N(Cc1c(Cl)cccc1Cl)C(=O)CCCN(c1ccc(F)cc1)S(C)(=O)=O. The zero-order valence-electron chi connectivity index (χ0n) is 20.6. The first-order chi connectivity index (χ1) is 17.0. The maximum atomic E-state index is 13.4. The van der Waals surface area contributed by atoms with Crippen LogP contribution < -0.4 is 9.62 Å². The van der Waals surface area contributed by atoms with Crippen LogP contribution in [0.3, 0.4) is 0 Å². The Morgan fingerprint density at radius 2 is 1.67 bits per heavy atom. The Morgan fingerprint density at radius 3 is 2.19 bits per heavy atom. The number of sulfonamides is 1. The van der Waals surface area contributed by atoms with Crippen molar-refractivity contribution in [3.63, 3.8) is 0 Å². The number of nitrogens with zero attached hydrogens (tertiary/aromatic N) is 2. The number of benzene rings is 2. The van der Waals surface area contributed by atoms with Crippen molar-refractivity contribution >= 4 is 50.7 Å². The van der Waals surface area contributed by atoms with Crippen molar-refractivity contribution in [2.45, 2.75) is 52.1 Å². The zero-order chi connectivity index (χ0) is 26.9. The molecule has 2 amide bonds. The molecule has 11 heteroatoms. The molecule has 0 fully saturated rings. The number of anilines is 1. The minimum absolute atomic E-state index is 0.00964. The first-order valence-corrected chi connectivity index (χ1v) is 14.3. The second-order valence-corrected chi connectivity index (χ2v) is 11.1. The second kappa shape index (κ2) is 13.8. The van der Waals surface area contributed by atoms with Gasteiger partial charge in [-0.1, -0.05) is 43.1 Å². The van der Waals surface area contributed by atoms with Gasteiger partial charge in [0.05, 0.1) is 11.9 Å². The van der Waals surface area contributed by atoms with Crippen LogP contribution in [0.5, 0.6) is 0 Å². The first-order valence-electron chi connectivity index (χ1n) is 11.7. The van der Waals surface area contributed by atoms with Crippen LogP contribution in [0.15, 0.2) is 42.5 Å². The molecule has 0 bridgehead atoms. The monoisotopic (exact) mass is 559 g/mol. The Hall–Kier alpha value is -2.36. The van der Waals surface area contributed by atoms with Crippen molar-refractivity contribution in [3.05, 3.63) is 63.9 Å². The predicted molar refractivity (Wildman–Crippen MR) is 142 cm³/mol. The highest BCUT2D eigenvalue weighted by Crippen LogP contribution is 2.27. The number of hydrogen-bond acceptors (Lipinski definition) is 4. The van der Waals surface area contributed by atoms with E-state index in [-0.39, 0.29) is 37.7 Å². The molecule has 0 aliphatic rings. The second-order valence-electron chi connectivity index (χ2n) is 8.35. The molecule has 0 spiro atoms. The number of rotatable bonds is 13. The number of amides is 2. The number of nitrogens with one attached hydrogen (secondary N) is 1. The van der Waals surface area contributed by atoms with Crippen LogP contribution in [0.4, 0.5) is 10.1 Å². The predicted octanol–water partition coefficient (Wildman–Crippen LogP) is 5.01. The van der Waals surface area contributed by atoms with E-state index in [0.29, 0.717) is 34.3 Å². The molecule has 2 aromatic carbocycles. The van der Waals surface area contributed by atoms with E-state index in [2.05, 4.69) is 5.32 Å². The maximum Gasteiger partial charge on any atom is 0.242 e. The van der Waals surface area contributed by atoms with Gasteiger partial charge in [0.1, 0.15) is 11.9 Å². The smallest absolute Gasteiger partial charge is 0.242 e. The van der Waals surface area contributed by atoms with Crippen LogP contribution in [-0.4, -0.2) is 50.5 Å². The van der Waals surface area contributed by atoms with Crippen LogP contribution in [0.25, 0.3) is 0 Å². The average Bonchev–Trinajstić information content (AvgIpc) is 2.82. The summed E-state index contributed by atoms with van der Waals surface area (Å²) in [5, 5.41) is 3.59. The van der Waals surface area contributed by atoms with Crippen molar-refractivity contribution in [1.29, 1.82) is 0 Å². The van der Waals surface area contributed by atoms with Crippen molar-refractivity contribution in [1.82, 2.24) is 10.2 Å². The van der Waals surface area contributed by atoms with Crippen molar-refractivity contribution in [2.75, 3.05) is 23.7 Å². The summed E-state index contributed by atoms with van der Waals surface area (Å²) < 4.78 is 39.1.